The van der Waals surface area contributed by atoms with Gasteiger partial charge in [0.15, 0.2) is 0 Å². The maximum Gasteiger partial charge on any atom is 0.257 e. The molecule has 0 saturated carbocycles. The minimum absolute atomic E-state index is 0.0165. The molecule has 1 aromatic heterocycles. The fourth-order valence-electron chi connectivity index (χ4n) is 4.69. The van der Waals surface area contributed by atoms with Gasteiger partial charge in [0.25, 0.3) is 5.91 Å². The number of carbonyl (C=O) groups is 2. The molecule has 28 heavy (non-hydrogen) atoms. The maximum atomic E-state index is 13.3. The summed E-state index contributed by atoms with van der Waals surface area (Å²) in [5, 5.41) is 0. The van der Waals surface area contributed by atoms with Crippen LogP contribution >= 0.6 is 0 Å². The molecule has 0 unspecified atom stereocenters. The number of rotatable bonds is 5. The summed E-state index contributed by atoms with van der Waals surface area (Å²) < 4.78 is 5.28. The lowest BCUT2D eigenvalue weighted by atomic mass is 9.78. The Labute approximate surface area is 166 Å². The van der Waals surface area contributed by atoms with Crippen LogP contribution in [-0.2, 0) is 11.2 Å². The van der Waals surface area contributed by atoms with Crippen LogP contribution in [0.15, 0.2) is 47.1 Å². The molecule has 2 aliphatic rings. The van der Waals surface area contributed by atoms with Gasteiger partial charge < -0.3 is 14.2 Å². The number of nitrogens with zero attached hydrogens (tertiary/aromatic N) is 2. The third kappa shape index (κ3) is 3.58. The predicted molar refractivity (Wildman–Crippen MR) is 107 cm³/mol. The summed E-state index contributed by atoms with van der Waals surface area (Å²) in [4.78, 5) is 30.0. The first-order valence-electron chi connectivity index (χ1n) is 10.3. The van der Waals surface area contributed by atoms with Crippen LogP contribution in [-0.4, -0.2) is 47.8 Å². The molecule has 3 heterocycles. The van der Waals surface area contributed by atoms with E-state index in [4.69, 9.17) is 4.42 Å². The van der Waals surface area contributed by atoms with E-state index in [1.807, 2.05) is 15.9 Å². The first-order chi connectivity index (χ1) is 13.6. The Kier molecular flexibility index (Phi) is 5.25. The van der Waals surface area contributed by atoms with Crippen molar-refractivity contribution < 1.29 is 14.0 Å². The highest BCUT2D eigenvalue weighted by Gasteiger charge is 2.49. The van der Waals surface area contributed by atoms with Crippen LogP contribution in [0.4, 0.5) is 0 Å². The van der Waals surface area contributed by atoms with Crippen LogP contribution in [0.25, 0.3) is 0 Å². The van der Waals surface area contributed by atoms with Gasteiger partial charge >= 0.3 is 0 Å². The quantitative estimate of drug-likeness (QED) is 0.795. The molecule has 0 radical (unpaired) electrons. The van der Waals surface area contributed by atoms with Crippen LogP contribution in [0.1, 0.15) is 47.4 Å². The average Bonchev–Trinajstić information content (AvgIpc) is 3.33. The maximum absolute atomic E-state index is 13.3. The van der Waals surface area contributed by atoms with Gasteiger partial charge in [-0.25, -0.2) is 0 Å². The summed E-state index contributed by atoms with van der Waals surface area (Å²) in [6, 6.07) is 12.1. The van der Waals surface area contributed by atoms with Gasteiger partial charge in [-0.3, -0.25) is 9.59 Å². The second kappa shape index (κ2) is 7.82. The molecule has 1 atom stereocenters. The smallest absolute Gasteiger partial charge is 0.257 e. The van der Waals surface area contributed by atoms with Crippen molar-refractivity contribution in [3.05, 3.63) is 59.5 Å². The van der Waals surface area contributed by atoms with E-state index >= 15 is 0 Å². The highest BCUT2D eigenvalue weighted by molar-refractivity contribution is 5.96. The van der Waals surface area contributed by atoms with Crippen molar-refractivity contribution in [2.45, 2.75) is 39.0 Å². The summed E-state index contributed by atoms with van der Waals surface area (Å²) in [7, 11) is 0. The summed E-state index contributed by atoms with van der Waals surface area (Å²) in [6.07, 6.45) is 6.18. The normalized spacial score (nSPS) is 22.2. The third-order valence-corrected chi connectivity index (χ3v) is 6.29. The van der Waals surface area contributed by atoms with E-state index in [1.165, 1.54) is 5.56 Å². The molecular formula is C23H28N2O3. The van der Waals surface area contributed by atoms with Crippen LogP contribution in [0.3, 0.4) is 0 Å². The number of carbonyl (C=O) groups excluding carboxylic acids is 2. The average molecular weight is 380 g/mol. The van der Waals surface area contributed by atoms with Crippen LogP contribution in [0.2, 0.25) is 0 Å². The molecule has 5 nitrogen and oxygen atoms in total. The molecule has 1 aromatic carbocycles. The van der Waals surface area contributed by atoms with Crippen LogP contribution in [0, 0.1) is 12.3 Å². The molecule has 5 heteroatoms. The molecule has 4 rings (SSSR count). The Morgan fingerprint density at radius 2 is 1.96 bits per heavy atom. The molecule has 2 amide bonds. The zero-order chi connectivity index (χ0) is 19.6. The Morgan fingerprint density at radius 3 is 2.71 bits per heavy atom. The molecule has 2 fully saturated rings. The van der Waals surface area contributed by atoms with E-state index in [2.05, 4.69) is 24.3 Å². The molecule has 2 aromatic rings. The number of amides is 2. The summed E-state index contributed by atoms with van der Waals surface area (Å²) >= 11 is 0. The van der Waals surface area contributed by atoms with Gasteiger partial charge in [0.1, 0.15) is 5.76 Å². The lowest BCUT2D eigenvalue weighted by molar-refractivity contribution is -0.145. The minimum Gasteiger partial charge on any atom is -0.469 e. The largest absolute Gasteiger partial charge is 0.469 e. The molecule has 2 aliphatic heterocycles. The first kappa shape index (κ1) is 18.8. The standard InChI is InChI=1S/C23H28N2O3/c1-18-20(10-16-28-18)21(26)25-15-12-23(17-25)11-6-14-24(22(23)27)13-5-9-19-7-3-2-4-8-19/h2-4,7-8,10,16H,5-6,9,11-15,17H2,1H3/t23-/m1/s1. The van der Waals surface area contributed by atoms with Crippen molar-refractivity contribution in [2.75, 3.05) is 26.2 Å². The fourth-order valence-corrected chi connectivity index (χ4v) is 4.69. The van der Waals surface area contributed by atoms with E-state index in [0.717, 1.165) is 45.2 Å². The topological polar surface area (TPSA) is 53.8 Å². The van der Waals surface area contributed by atoms with Crippen molar-refractivity contribution >= 4 is 11.8 Å². The Morgan fingerprint density at radius 1 is 1.14 bits per heavy atom. The van der Waals surface area contributed by atoms with Crippen LogP contribution < -0.4 is 0 Å². The molecule has 0 bridgehead atoms. The van der Waals surface area contributed by atoms with E-state index in [0.29, 0.717) is 24.4 Å². The van der Waals surface area contributed by atoms with Gasteiger partial charge in [0.2, 0.25) is 5.91 Å². The van der Waals surface area contributed by atoms with E-state index in [9.17, 15) is 9.59 Å². The number of hydrogen-bond acceptors (Lipinski definition) is 3. The van der Waals surface area contributed by atoms with Gasteiger partial charge in [-0.05, 0) is 50.7 Å². The number of likely N-dealkylation sites (tertiary alicyclic amines) is 2. The highest BCUT2D eigenvalue weighted by atomic mass is 16.3. The number of aryl methyl sites for hydroxylation is 2. The Balaban J connectivity index is 1.37. The van der Waals surface area contributed by atoms with Gasteiger partial charge in [-0.15, -0.1) is 0 Å². The Bertz CT molecular complexity index is 845. The lowest BCUT2D eigenvalue weighted by Crippen LogP contribution is -2.50. The predicted octanol–water partition coefficient (Wildman–Crippen LogP) is 3.68. The zero-order valence-electron chi connectivity index (χ0n) is 16.5. The van der Waals surface area contributed by atoms with Crippen molar-refractivity contribution in [3.8, 4) is 0 Å². The first-order valence-corrected chi connectivity index (χ1v) is 10.3. The molecular weight excluding hydrogens is 352 g/mol. The Hall–Kier alpha value is -2.56. The van der Waals surface area contributed by atoms with Crippen molar-refractivity contribution in [2.24, 2.45) is 5.41 Å². The summed E-state index contributed by atoms with van der Waals surface area (Å²) in [5.74, 6) is 0.867. The van der Waals surface area contributed by atoms with Gasteiger partial charge in [0.05, 0.1) is 17.2 Å². The molecule has 0 N–H and O–H groups in total. The third-order valence-electron chi connectivity index (χ3n) is 6.29. The lowest BCUT2D eigenvalue weighted by Gasteiger charge is -2.39. The van der Waals surface area contributed by atoms with Crippen molar-refractivity contribution in [1.82, 2.24) is 9.80 Å². The van der Waals surface area contributed by atoms with Gasteiger partial charge in [-0.1, -0.05) is 30.3 Å². The number of piperidine rings is 1. The molecule has 2 saturated heterocycles. The SMILES string of the molecule is Cc1occc1C(=O)N1CC[C@]2(CCCN(CCCc3ccccc3)C2=O)C1. The second-order valence-electron chi connectivity index (χ2n) is 8.13. The van der Waals surface area contributed by atoms with Gasteiger partial charge in [0, 0.05) is 26.2 Å². The number of furan rings is 1. The van der Waals surface area contributed by atoms with Crippen molar-refractivity contribution in [3.63, 3.8) is 0 Å². The summed E-state index contributed by atoms with van der Waals surface area (Å²) in [6.45, 7) is 4.62. The van der Waals surface area contributed by atoms with Crippen LogP contribution in [0.5, 0.6) is 0 Å². The molecule has 1 spiro atoms. The van der Waals surface area contributed by atoms with Crippen molar-refractivity contribution in [1.29, 1.82) is 0 Å². The fraction of sp³-hybridized carbons (Fsp3) is 0.478. The van der Waals surface area contributed by atoms with E-state index in [1.54, 1.807) is 19.3 Å². The summed E-state index contributed by atoms with van der Waals surface area (Å²) in [5.41, 5.74) is 1.54. The number of benzene rings is 1. The highest BCUT2D eigenvalue weighted by Crippen LogP contribution is 2.40. The molecule has 0 aliphatic carbocycles. The van der Waals surface area contributed by atoms with E-state index < -0.39 is 5.41 Å². The minimum atomic E-state index is -0.391. The van der Waals surface area contributed by atoms with E-state index in [-0.39, 0.29) is 11.8 Å². The number of hydrogen-bond donors (Lipinski definition) is 0. The molecule has 148 valence electrons. The second-order valence-corrected chi connectivity index (χ2v) is 8.13. The zero-order valence-corrected chi connectivity index (χ0v) is 16.5. The van der Waals surface area contributed by atoms with Gasteiger partial charge in [-0.2, -0.15) is 0 Å². The monoisotopic (exact) mass is 380 g/mol.